The first-order chi connectivity index (χ1) is 39.1. The highest BCUT2D eigenvalue weighted by molar-refractivity contribution is 7.00. The normalized spacial score (nSPS) is 24.8. The van der Waals surface area contributed by atoms with Gasteiger partial charge in [-0.25, -0.2) is 0 Å². The van der Waals surface area contributed by atoms with Gasteiger partial charge in [-0.3, -0.25) is 0 Å². The van der Waals surface area contributed by atoms with Crippen LogP contribution < -0.4 is 26.2 Å². The van der Waals surface area contributed by atoms with Crippen molar-refractivity contribution in [3.8, 4) is 11.1 Å². The van der Waals surface area contributed by atoms with Crippen LogP contribution in [0.1, 0.15) is 240 Å². The molecule has 7 aromatic carbocycles. The molecule has 5 aliphatic carbocycles. The minimum atomic E-state index is 0.0547. The molecule has 3 unspecified atom stereocenters. The summed E-state index contributed by atoms with van der Waals surface area (Å²) in [5, 5.41) is 0. The summed E-state index contributed by atoms with van der Waals surface area (Å²) in [5.41, 5.74) is 33.9. The van der Waals surface area contributed by atoms with Gasteiger partial charge in [-0.2, -0.15) is 0 Å². The van der Waals surface area contributed by atoms with Crippen molar-refractivity contribution in [2.45, 2.75) is 239 Å². The van der Waals surface area contributed by atoms with E-state index in [1.165, 1.54) is 176 Å². The van der Waals surface area contributed by atoms with E-state index in [1.54, 1.807) is 16.7 Å². The van der Waals surface area contributed by atoms with Crippen LogP contribution in [-0.4, -0.2) is 6.71 Å². The van der Waals surface area contributed by atoms with E-state index >= 15 is 0 Å². The van der Waals surface area contributed by atoms with Gasteiger partial charge in [0, 0.05) is 34.1 Å². The van der Waals surface area contributed by atoms with E-state index in [-0.39, 0.29) is 50.0 Å². The van der Waals surface area contributed by atoms with E-state index in [1.807, 2.05) is 0 Å². The second kappa shape index (κ2) is 18.1. The second-order valence-electron chi connectivity index (χ2n) is 32.6. The van der Waals surface area contributed by atoms with E-state index in [9.17, 15) is 0 Å². The SMILES string of the molecule is Cc1cc2c3c(c1)N(c1cc4c(cc1C)C(C)(C)CCC4(C)C)c1cc4c(cc1B3c1ccc(CCC3c5ccc(-c6ccccc6)cc5C5(C)CCCCC35C)cc1N2c1cc2c(cc1C)C(C)(C)CCC2(C)C)C(C)(C)CCC4(C)C. The summed E-state index contributed by atoms with van der Waals surface area (Å²) in [6, 6.07) is 47.8. The Kier molecular flexibility index (Phi) is 12.0. The molecule has 83 heavy (non-hydrogen) atoms. The Morgan fingerprint density at radius 3 is 1.40 bits per heavy atom. The summed E-state index contributed by atoms with van der Waals surface area (Å²) in [6.45, 7) is 42.7. The van der Waals surface area contributed by atoms with Crippen LogP contribution in [0.15, 0.2) is 115 Å². The first kappa shape index (κ1) is 55.1. The van der Waals surface area contributed by atoms with Crippen LogP contribution in [0, 0.1) is 26.2 Å². The molecule has 428 valence electrons. The van der Waals surface area contributed by atoms with Gasteiger partial charge < -0.3 is 9.80 Å². The monoisotopic (exact) mass is 1090 g/mol. The Bertz CT molecular complexity index is 3860. The summed E-state index contributed by atoms with van der Waals surface area (Å²) >= 11 is 0. The second-order valence-corrected chi connectivity index (χ2v) is 32.6. The first-order valence-corrected chi connectivity index (χ1v) is 32.6. The molecular weight excluding hydrogens is 1000 g/mol. The fourth-order valence-corrected chi connectivity index (χ4v) is 18.6. The molecule has 0 aromatic heterocycles. The Hall–Kier alpha value is -5.80. The van der Waals surface area contributed by atoms with Gasteiger partial charge in [0.05, 0.1) is 0 Å². The Labute approximate surface area is 501 Å². The first-order valence-electron chi connectivity index (χ1n) is 32.6. The molecule has 0 radical (unpaired) electrons. The molecule has 0 N–H and O–H groups in total. The van der Waals surface area contributed by atoms with Gasteiger partial charge in [0.25, 0.3) is 6.71 Å². The van der Waals surface area contributed by atoms with Gasteiger partial charge in [0.1, 0.15) is 0 Å². The van der Waals surface area contributed by atoms with Crippen LogP contribution in [0.2, 0.25) is 0 Å². The fraction of sp³-hybridized carbons (Fsp3) is 0.475. The largest absolute Gasteiger partial charge is 0.311 e. The summed E-state index contributed by atoms with van der Waals surface area (Å²) in [6.07, 6.45) is 14.6. The lowest BCUT2D eigenvalue weighted by Crippen LogP contribution is -2.62. The minimum absolute atomic E-state index is 0.0547. The zero-order chi connectivity index (χ0) is 58.5. The van der Waals surface area contributed by atoms with Crippen molar-refractivity contribution < 1.29 is 0 Å². The van der Waals surface area contributed by atoms with E-state index in [0.29, 0.717) is 5.92 Å². The number of fused-ring (bicyclic) bond motifs is 10. The molecule has 1 fully saturated rings. The van der Waals surface area contributed by atoms with Crippen molar-refractivity contribution >= 4 is 57.2 Å². The van der Waals surface area contributed by atoms with E-state index in [2.05, 4.69) is 243 Å². The quantitative estimate of drug-likeness (QED) is 0.153. The zero-order valence-corrected chi connectivity index (χ0v) is 54.0. The van der Waals surface area contributed by atoms with Crippen LogP contribution in [0.5, 0.6) is 0 Å². The average molecular weight is 1100 g/mol. The maximum Gasteiger partial charge on any atom is 0.252 e. The predicted molar refractivity (Wildman–Crippen MR) is 357 cm³/mol. The summed E-state index contributed by atoms with van der Waals surface area (Å²) in [7, 11) is 0. The van der Waals surface area contributed by atoms with Gasteiger partial charge in [0.2, 0.25) is 0 Å². The van der Waals surface area contributed by atoms with Crippen molar-refractivity contribution in [1.29, 1.82) is 0 Å². The number of anilines is 6. The third kappa shape index (κ3) is 8.06. The highest BCUT2D eigenvalue weighted by Gasteiger charge is 2.58. The van der Waals surface area contributed by atoms with Gasteiger partial charge in [0.15, 0.2) is 0 Å². The molecule has 2 heterocycles. The van der Waals surface area contributed by atoms with Gasteiger partial charge in [-0.1, -0.05) is 189 Å². The summed E-state index contributed by atoms with van der Waals surface area (Å²) < 4.78 is 0. The van der Waals surface area contributed by atoms with E-state index < -0.39 is 0 Å². The number of hydrogen-bond donors (Lipinski definition) is 0. The number of aryl methyl sites for hydroxylation is 4. The molecule has 3 heteroatoms. The molecule has 0 saturated heterocycles. The molecule has 0 amide bonds. The molecule has 2 nitrogen and oxygen atoms in total. The van der Waals surface area contributed by atoms with Crippen LogP contribution in [-0.2, 0) is 44.3 Å². The van der Waals surface area contributed by atoms with Gasteiger partial charge in [-0.05, 0) is 265 Å². The Morgan fingerprint density at radius 1 is 0.398 bits per heavy atom. The van der Waals surface area contributed by atoms with Crippen LogP contribution in [0.3, 0.4) is 0 Å². The number of hydrogen-bond acceptors (Lipinski definition) is 2. The lowest BCUT2D eigenvalue weighted by Gasteiger charge is -2.49. The van der Waals surface area contributed by atoms with Crippen molar-refractivity contribution in [3.05, 3.63) is 182 Å². The van der Waals surface area contributed by atoms with Gasteiger partial charge >= 0.3 is 0 Å². The molecule has 2 aliphatic heterocycles. The third-order valence-corrected chi connectivity index (χ3v) is 24.6. The maximum atomic E-state index is 2.80. The number of benzene rings is 7. The molecule has 1 saturated carbocycles. The minimum Gasteiger partial charge on any atom is -0.311 e. The van der Waals surface area contributed by atoms with Crippen molar-refractivity contribution in [1.82, 2.24) is 0 Å². The van der Waals surface area contributed by atoms with Crippen molar-refractivity contribution in [2.24, 2.45) is 5.41 Å². The lowest BCUT2D eigenvalue weighted by molar-refractivity contribution is 0.0764. The smallest absolute Gasteiger partial charge is 0.252 e. The van der Waals surface area contributed by atoms with Crippen LogP contribution >= 0.6 is 0 Å². The van der Waals surface area contributed by atoms with Crippen LogP contribution in [0.25, 0.3) is 11.1 Å². The van der Waals surface area contributed by atoms with E-state index in [0.717, 1.165) is 12.8 Å². The highest BCUT2D eigenvalue weighted by Crippen LogP contribution is 2.67. The maximum absolute atomic E-state index is 2.80. The molecule has 7 aliphatic rings. The average Bonchev–Trinajstić information content (AvgIpc) is 1.55. The highest BCUT2D eigenvalue weighted by atomic mass is 15.2. The molecule has 7 aromatic rings. The molecule has 0 bridgehead atoms. The number of nitrogens with zero attached hydrogens (tertiary/aromatic N) is 2. The topological polar surface area (TPSA) is 6.48 Å². The molecule has 0 spiro atoms. The fourth-order valence-electron chi connectivity index (χ4n) is 18.6. The zero-order valence-electron chi connectivity index (χ0n) is 54.0. The number of rotatable bonds is 6. The molecular formula is C80H95BN2. The summed E-state index contributed by atoms with van der Waals surface area (Å²) in [5.74, 6) is 0.498. The predicted octanol–water partition coefficient (Wildman–Crippen LogP) is 20.0. The standard InChI is InChI=1S/C80H95BN2/c1-49-39-70-72-71(40-49)83(67-47-62-59(42-51(67)3)74(6,7)34-37-77(62,12)13)69-48-63-60(75(8,9)35-38-78(63,14)15)45-65(69)81(72)64-30-26-52(43-68(64)82(70)66-46-61-58(41-50(66)2)73(4,5)33-36-76(61,10)11)25-29-56-55-28-27-54(53-23-19-18-20-24-53)44-57(55)80(17)32-22-21-31-79(56,80)16/h18-20,23-24,26-28,30,39-48,56H,21-22,25,29,31-38H2,1-17H3. The molecule has 14 rings (SSSR count). The Morgan fingerprint density at radius 2 is 0.867 bits per heavy atom. The van der Waals surface area contributed by atoms with E-state index in [4.69, 9.17) is 0 Å². The third-order valence-electron chi connectivity index (χ3n) is 24.6. The van der Waals surface area contributed by atoms with Crippen molar-refractivity contribution in [3.63, 3.8) is 0 Å². The lowest BCUT2D eigenvalue weighted by atomic mass is 9.33. The Balaban J connectivity index is 0.996. The summed E-state index contributed by atoms with van der Waals surface area (Å²) in [4.78, 5) is 5.58. The van der Waals surface area contributed by atoms with Crippen molar-refractivity contribution in [2.75, 3.05) is 9.80 Å². The van der Waals surface area contributed by atoms with Gasteiger partial charge in [-0.15, -0.1) is 0 Å². The van der Waals surface area contributed by atoms with Crippen LogP contribution in [0.4, 0.5) is 34.1 Å². The molecule has 3 atom stereocenters.